The van der Waals surface area contributed by atoms with Crippen LogP contribution in [0, 0.1) is 11.8 Å². The van der Waals surface area contributed by atoms with Gasteiger partial charge in [0.1, 0.15) is 12.4 Å². The molecule has 0 saturated heterocycles. The number of hydrogen-bond donors (Lipinski definition) is 4. The number of hydrogen-bond acceptors (Lipinski definition) is 9. The minimum atomic E-state index is -4.84. The van der Waals surface area contributed by atoms with E-state index in [1.165, 1.54) is 25.7 Å². The first kappa shape index (κ1) is 52.1. The van der Waals surface area contributed by atoms with Gasteiger partial charge in [-0.15, -0.1) is 0 Å². The Morgan fingerprint density at radius 1 is 0.737 bits per heavy atom. The summed E-state index contributed by atoms with van der Waals surface area (Å²) in [5, 5.41) is 20.6. The number of aliphatic hydroxyl groups excluding tert-OH is 2. The molecule has 0 aromatic rings. The van der Waals surface area contributed by atoms with Crippen molar-refractivity contribution in [1.82, 2.24) is 0 Å². The van der Waals surface area contributed by atoms with Gasteiger partial charge in [0, 0.05) is 31.1 Å². The third-order valence-corrected chi connectivity index (χ3v) is 10.1. The molecule has 1 aliphatic rings. The highest BCUT2D eigenvalue weighted by Crippen LogP contribution is 2.36. The zero-order valence-corrected chi connectivity index (χ0v) is 35.6. The van der Waals surface area contributed by atoms with Gasteiger partial charge in [0.15, 0.2) is 6.10 Å². The monoisotopic (exact) mass is 820 g/mol. The van der Waals surface area contributed by atoms with Crippen molar-refractivity contribution in [2.24, 2.45) is 11.8 Å². The first-order valence-electron chi connectivity index (χ1n) is 21.3. The van der Waals surface area contributed by atoms with E-state index >= 15 is 0 Å². The Morgan fingerprint density at radius 2 is 1.30 bits per heavy atom. The zero-order valence-electron chi connectivity index (χ0n) is 34.7. The first-order valence-corrected chi connectivity index (χ1v) is 22.9. The minimum absolute atomic E-state index is 0.0119. The van der Waals surface area contributed by atoms with Crippen LogP contribution in [0.2, 0.25) is 0 Å². The summed E-state index contributed by atoms with van der Waals surface area (Å²) in [5.41, 5.74) is 0. The molecule has 0 aromatic carbocycles. The molecule has 5 atom stereocenters. The number of aliphatic hydroxyl groups is 2. The van der Waals surface area contributed by atoms with Crippen LogP contribution < -0.4 is 0 Å². The molecule has 1 saturated carbocycles. The van der Waals surface area contributed by atoms with Crippen LogP contribution in [-0.2, 0) is 32.9 Å². The largest absolute Gasteiger partial charge is 0.469 e. The van der Waals surface area contributed by atoms with Gasteiger partial charge in [0.2, 0.25) is 0 Å². The average molecular weight is 821 g/mol. The van der Waals surface area contributed by atoms with Gasteiger partial charge in [-0.25, -0.2) is 4.57 Å². The summed E-state index contributed by atoms with van der Waals surface area (Å²) in [7, 11) is -4.84. The Morgan fingerprint density at radius 3 is 1.93 bits per heavy atom. The third kappa shape index (κ3) is 29.9. The summed E-state index contributed by atoms with van der Waals surface area (Å²) < 4.78 is 26.3. The summed E-state index contributed by atoms with van der Waals surface area (Å²) >= 11 is 0. The molecule has 1 rings (SSSR count). The summed E-state index contributed by atoms with van der Waals surface area (Å²) in [6, 6.07) is 0. The topological polar surface area (TPSA) is 177 Å². The molecule has 0 aliphatic heterocycles. The van der Waals surface area contributed by atoms with Gasteiger partial charge >= 0.3 is 19.8 Å². The SMILES string of the molecule is CCCCC/C=C\C/C=C\C/C=C\C/C=C\CCCCCC(=O)O[C@H](COC(=O)CCC/C=C\C[C@H]1C(=O)C[C@@H](O)[C@@H]1/C=C/[C@@H](O)CCCCC)COP(=O)(O)O. The number of Topliss-reactive ketones (excluding diaryl/α,β-unsaturated/α-hetero) is 1. The number of phosphoric ester groups is 1. The number of ketones is 1. The van der Waals surface area contributed by atoms with Crippen molar-refractivity contribution in [1.29, 1.82) is 0 Å². The molecule has 0 aromatic heterocycles. The van der Waals surface area contributed by atoms with Gasteiger partial charge in [-0.1, -0.05) is 125 Å². The van der Waals surface area contributed by atoms with Crippen molar-refractivity contribution >= 4 is 25.5 Å². The standard InChI is InChI=1S/C45H73O11P/c1-3-5-7-8-9-10-11-12-13-14-15-16-17-18-19-20-21-22-28-32-45(50)56-39(37-55-57(51,52)53)36-54-44(49)31-27-24-23-26-30-40-41(43(48)35-42(40)47)34-33-38(46)29-25-6-4-2/h9-10,12-13,15-16,18-19,23,26,33-34,38-41,43,46,48H,3-8,11,14,17,20-22,24-25,27-32,35-37H2,1-2H3,(H2,51,52,53)/b10-9-,13-12-,16-15-,19-18-,26-23-,34-33+/t38-,39+,40+,41+,43+/m0/s1. The second kappa shape index (κ2) is 34.0. The maximum Gasteiger partial charge on any atom is 0.469 e. The smallest absolute Gasteiger partial charge is 0.462 e. The molecule has 11 nitrogen and oxygen atoms in total. The summed E-state index contributed by atoms with van der Waals surface area (Å²) in [5.74, 6) is -1.86. The molecule has 0 amide bonds. The van der Waals surface area contributed by atoms with Crippen molar-refractivity contribution in [3.8, 4) is 0 Å². The Balaban J connectivity index is 2.31. The van der Waals surface area contributed by atoms with Gasteiger partial charge in [-0.2, -0.15) is 0 Å². The van der Waals surface area contributed by atoms with Crippen LogP contribution in [-0.4, -0.2) is 69.2 Å². The van der Waals surface area contributed by atoms with E-state index in [0.717, 1.165) is 57.8 Å². The van der Waals surface area contributed by atoms with Crippen LogP contribution >= 0.6 is 7.82 Å². The van der Waals surface area contributed by atoms with Gasteiger partial charge in [0.05, 0.1) is 18.8 Å². The molecule has 1 fully saturated rings. The highest BCUT2D eigenvalue weighted by atomic mass is 31.2. The molecule has 0 spiro atoms. The summed E-state index contributed by atoms with van der Waals surface area (Å²) in [6.07, 6.45) is 38.4. The van der Waals surface area contributed by atoms with E-state index in [-0.39, 0.29) is 36.9 Å². The molecule has 0 radical (unpaired) electrons. The van der Waals surface area contributed by atoms with Crippen LogP contribution in [0.15, 0.2) is 72.9 Å². The zero-order chi connectivity index (χ0) is 42.0. The number of ether oxygens (including phenoxy) is 2. The average Bonchev–Trinajstić information content (AvgIpc) is 3.44. The molecule has 1 aliphatic carbocycles. The van der Waals surface area contributed by atoms with Crippen LogP contribution in [0.1, 0.15) is 149 Å². The number of esters is 2. The van der Waals surface area contributed by atoms with Crippen molar-refractivity contribution in [3.05, 3.63) is 72.9 Å². The Bertz CT molecular complexity index is 1310. The molecule has 0 unspecified atom stereocenters. The van der Waals surface area contributed by atoms with Crippen molar-refractivity contribution in [3.63, 3.8) is 0 Å². The van der Waals surface area contributed by atoms with Crippen LogP contribution in [0.5, 0.6) is 0 Å². The molecule has 0 heterocycles. The fraction of sp³-hybridized carbons (Fsp3) is 0.667. The first-order chi connectivity index (χ1) is 27.5. The number of carbonyl (C=O) groups excluding carboxylic acids is 3. The van der Waals surface area contributed by atoms with Crippen molar-refractivity contribution in [2.75, 3.05) is 13.2 Å². The Labute approximate surface area is 342 Å². The van der Waals surface area contributed by atoms with Crippen LogP contribution in [0.25, 0.3) is 0 Å². The van der Waals surface area contributed by atoms with E-state index in [9.17, 15) is 29.2 Å². The van der Waals surface area contributed by atoms with Crippen LogP contribution in [0.4, 0.5) is 0 Å². The number of carbonyl (C=O) groups is 3. The molecule has 324 valence electrons. The van der Waals surface area contributed by atoms with Gasteiger partial charge in [0.25, 0.3) is 0 Å². The fourth-order valence-electron chi connectivity index (χ4n) is 6.28. The quantitative estimate of drug-likeness (QED) is 0.0210. The lowest BCUT2D eigenvalue weighted by Gasteiger charge is -2.18. The van der Waals surface area contributed by atoms with Gasteiger partial charge in [-0.05, 0) is 77.0 Å². The highest BCUT2D eigenvalue weighted by molar-refractivity contribution is 7.46. The molecule has 12 heteroatoms. The van der Waals surface area contributed by atoms with E-state index in [2.05, 4.69) is 67.0 Å². The Kier molecular flexibility index (Phi) is 31.1. The molecule has 0 bridgehead atoms. The molecular weight excluding hydrogens is 747 g/mol. The number of rotatable bonds is 34. The maximum atomic E-state index is 12.5. The van der Waals surface area contributed by atoms with E-state index in [0.29, 0.717) is 32.1 Å². The summed E-state index contributed by atoms with van der Waals surface area (Å²) in [6.45, 7) is 3.29. The maximum absolute atomic E-state index is 12.5. The number of allylic oxidation sites excluding steroid dienone is 10. The second-order valence-corrected chi connectivity index (χ2v) is 16.0. The minimum Gasteiger partial charge on any atom is -0.462 e. The predicted octanol–water partition coefficient (Wildman–Crippen LogP) is 9.66. The van der Waals surface area contributed by atoms with E-state index in [1.807, 2.05) is 12.2 Å². The van der Waals surface area contributed by atoms with Gasteiger partial charge < -0.3 is 29.5 Å². The summed E-state index contributed by atoms with van der Waals surface area (Å²) in [4.78, 5) is 55.5. The predicted molar refractivity (Wildman–Crippen MR) is 226 cm³/mol. The normalized spacial score (nSPS) is 19.1. The molecule has 57 heavy (non-hydrogen) atoms. The van der Waals surface area contributed by atoms with E-state index in [1.54, 1.807) is 12.2 Å². The second-order valence-electron chi connectivity index (χ2n) is 14.7. The lowest BCUT2D eigenvalue weighted by molar-refractivity contribution is -0.161. The lowest BCUT2D eigenvalue weighted by Crippen LogP contribution is -2.29. The van der Waals surface area contributed by atoms with Gasteiger partial charge in [-0.3, -0.25) is 18.9 Å². The lowest BCUT2D eigenvalue weighted by atomic mass is 9.90. The third-order valence-electron chi connectivity index (χ3n) is 9.57. The Hall–Kier alpha value is -2.92. The molecular formula is C45H73O11P. The van der Waals surface area contributed by atoms with Crippen molar-refractivity contribution < 1.29 is 52.9 Å². The fourth-order valence-corrected chi connectivity index (χ4v) is 6.64. The highest BCUT2D eigenvalue weighted by Gasteiger charge is 2.39. The van der Waals surface area contributed by atoms with Crippen molar-refractivity contribution in [2.45, 2.75) is 167 Å². The van der Waals surface area contributed by atoms with Crippen LogP contribution in [0.3, 0.4) is 0 Å². The number of unbranched alkanes of at least 4 members (excludes halogenated alkanes) is 9. The molecule has 4 N–H and O–H groups in total. The van der Waals surface area contributed by atoms with E-state index in [4.69, 9.17) is 19.3 Å². The number of phosphoric acid groups is 1. The van der Waals surface area contributed by atoms with E-state index < -0.39 is 51.3 Å².